The highest BCUT2D eigenvalue weighted by atomic mass is 35.5. The molecule has 2 heterocycles. The van der Waals surface area contributed by atoms with Crippen LogP contribution in [0.15, 0.2) is 107 Å². The highest BCUT2D eigenvalue weighted by Crippen LogP contribution is 2.44. The van der Waals surface area contributed by atoms with E-state index in [-0.39, 0.29) is 16.5 Å². The lowest BCUT2D eigenvalue weighted by Crippen LogP contribution is -2.29. The molecular weight excluding hydrogens is 626 g/mol. The molecule has 1 aliphatic heterocycles. The summed E-state index contributed by atoms with van der Waals surface area (Å²) in [5.74, 6) is -0.642. The van der Waals surface area contributed by atoms with Gasteiger partial charge in [0.2, 0.25) is 5.13 Å². The molecule has 0 bridgehead atoms. The molecule has 0 aliphatic carbocycles. The first-order valence-electron chi connectivity index (χ1n) is 14.1. The van der Waals surface area contributed by atoms with Gasteiger partial charge in [0, 0.05) is 16.3 Å². The van der Waals surface area contributed by atoms with E-state index in [2.05, 4.69) is 40.5 Å². The van der Waals surface area contributed by atoms with E-state index in [1.165, 1.54) is 33.6 Å². The third-order valence-electron chi connectivity index (χ3n) is 7.31. The summed E-state index contributed by atoms with van der Waals surface area (Å²) in [7, 11) is 0. The predicted octanol–water partition coefficient (Wildman–Crippen LogP) is 8.31. The quantitative estimate of drug-likeness (QED) is 0.0562. The van der Waals surface area contributed by atoms with Crippen molar-refractivity contribution in [3.8, 4) is 5.75 Å². The van der Waals surface area contributed by atoms with E-state index in [1.807, 2.05) is 32.0 Å². The smallest absolute Gasteiger partial charge is 0.301 e. The van der Waals surface area contributed by atoms with Crippen LogP contribution in [0.4, 0.5) is 5.13 Å². The van der Waals surface area contributed by atoms with Gasteiger partial charge < -0.3 is 9.84 Å². The van der Waals surface area contributed by atoms with Crippen molar-refractivity contribution in [3.05, 3.63) is 141 Å². The van der Waals surface area contributed by atoms with Crippen molar-refractivity contribution < 1.29 is 19.4 Å². The lowest BCUT2D eigenvalue weighted by molar-refractivity contribution is -0.132. The molecule has 0 spiro atoms. The Balaban J connectivity index is 1.29. The van der Waals surface area contributed by atoms with Crippen LogP contribution in [-0.4, -0.2) is 27.0 Å². The Morgan fingerprint density at radius 2 is 1.67 bits per heavy atom. The molecule has 1 fully saturated rings. The SMILES string of the molecule is Cc1ccc(CSc2nnc(N3C(=O)C(=O)/C(=C(/O)c4ccc(OCc5cccc(C)c5)cc4)C3c3cccc(Cl)c3)s2)cc1. The summed E-state index contributed by atoms with van der Waals surface area (Å²) in [4.78, 5) is 28.4. The number of hydrogen-bond acceptors (Lipinski definition) is 8. The molecule has 1 N–H and O–H groups in total. The van der Waals surface area contributed by atoms with Gasteiger partial charge in [-0.05, 0) is 66.9 Å². The summed E-state index contributed by atoms with van der Waals surface area (Å²) in [6, 6.07) is 29.0. The van der Waals surface area contributed by atoms with Gasteiger partial charge in [-0.2, -0.15) is 0 Å². The Bertz CT molecular complexity index is 1910. The lowest BCUT2D eigenvalue weighted by Gasteiger charge is -2.22. The van der Waals surface area contributed by atoms with Crippen molar-refractivity contribution >= 4 is 57.3 Å². The van der Waals surface area contributed by atoms with Gasteiger partial charge in [0.05, 0.1) is 11.6 Å². The van der Waals surface area contributed by atoms with Crippen molar-refractivity contribution in [1.82, 2.24) is 10.2 Å². The zero-order chi connectivity index (χ0) is 31.5. The van der Waals surface area contributed by atoms with E-state index in [4.69, 9.17) is 16.3 Å². The first kappa shape index (κ1) is 30.6. The first-order valence-corrected chi connectivity index (χ1v) is 16.3. The number of aromatic nitrogens is 2. The maximum Gasteiger partial charge on any atom is 0.301 e. The molecule has 4 aromatic carbocycles. The number of amides is 1. The number of halogens is 1. The number of aryl methyl sites for hydroxylation is 2. The lowest BCUT2D eigenvalue weighted by atomic mass is 9.95. The summed E-state index contributed by atoms with van der Waals surface area (Å²) >= 11 is 9.05. The molecule has 5 aromatic rings. The molecule has 6 rings (SSSR count). The molecule has 0 saturated carbocycles. The number of benzene rings is 4. The summed E-state index contributed by atoms with van der Waals surface area (Å²) in [6.45, 7) is 4.45. The monoisotopic (exact) mass is 653 g/mol. The van der Waals surface area contributed by atoms with Crippen molar-refractivity contribution in [2.24, 2.45) is 0 Å². The van der Waals surface area contributed by atoms with Crippen LogP contribution in [0.3, 0.4) is 0 Å². The Morgan fingerprint density at radius 1 is 0.911 bits per heavy atom. The minimum Gasteiger partial charge on any atom is -0.507 e. The van der Waals surface area contributed by atoms with Crippen LogP contribution in [-0.2, 0) is 21.9 Å². The van der Waals surface area contributed by atoms with Crippen LogP contribution in [0.5, 0.6) is 5.75 Å². The van der Waals surface area contributed by atoms with Gasteiger partial charge in [-0.25, -0.2) is 0 Å². The average Bonchev–Trinajstić information content (AvgIpc) is 3.61. The zero-order valence-electron chi connectivity index (χ0n) is 24.4. The minimum atomic E-state index is -0.955. The topological polar surface area (TPSA) is 92.6 Å². The van der Waals surface area contributed by atoms with Gasteiger partial charge in [-0.1, -0.05) is 106 Å². The molecule has 45 heavy (non-hydrogen) atoms. The normalized spacial score (nSPS) is 15.9. The van der Waals surface area contributed by atoms with Crippen molar-refractivity contribution in [2.45, 2.75) is 36.6 Å². The van der Waals surface area contributed by atoms with E-state index in [0.717, 1.165) is 16.7 Å². The maximum absolute atomic E-state index is 13.6. The van der Waals surface area contributed by atoms with Gasteiger partial charge in [-0.3, -0.25) is 14.5 Å². The zero-order valence-corrected chi connectivity index (χ0v) is 26.8. The number of carbonyl (C=O) groups excluding carboxylic acids is 2. The molecule has 1 atom stereocenters. The number of ether oxygens (including phenoxy) is 1. The van der Waals surface area contributed by atoms with Gasteiger partial charge in [0.15, 0.2) is 4.34 Å². The van der Waals surface area contributed by atoms with Crippen LogP contribution in [0.1, 0.15) is 39.4 Å². The summed E-state index contributed by atoms with van der Waals surface area (Å²) in [6.07, 6.45) is 0. The van der Waals surface area contributed by atoms with Crippen molar-refractivity contribution in [3.63, 3.8) is 0 Å². The number of Topliss-reactive ketones (excluding diaryl/α,β-unsaturated/α-hetero) is 1. The highest BCUT2D eigenvalue weighted by Gasteiger charge is 2.48. The maximum atomic E-state index is 13.6. The predicted molar refractivity (Wildman–Crippen MR) is 179 cm³/mol. The van der Waals surface area contributed by atoms with E-state index in [9.17, 15) is 14.7 Å². The molecule has 1 aromatic heterocycles. The fourth-order valence-electron chi connectivity index (χ4n) is 5.04. The second kappa shape index (κ2) is 13.3. The van der Waals surface area contributed by atoms with Crippen LogP contribution < -0.4 is 9.64 Å². The number of hydrogen-bond donors (Lipinski definition) is 1. The van der Waals surface area contributed by atoms with Gasteiger partial charge in [0.25, 0.3) is 5.78 Å². The molecule has 0 radical (unpaired) electrons. The molecule has 1 amide bonds. The molecule has 1 aliphatic rings. The summed E-state index contributed by atoms with van der Waals surface area (Å²) in [5.41, 5.74) is 5.37. The number of carbonyl (C=O) groups is 2. The third kappa shape index (κ3) is 6.81. The number of anilines is 1. The van der Waals surface area contributed by atoms with Crippen molar-refractivity contribution in [1.29, 1.82) is 0 Å². The number of aliphatic hydroxyl groups is 1. The van der Waals surface area contributed by atoms with E-state index in [1.54, 1.807) is 48.5 Å². The fraction of sp³-hybridized carbons (Fsp3) is 0.143. The molecule has 7 nitrogen and oxygen atoms in total. The molecular formula is C35H28ClN3O4S2. The molecule has 226 valence electrons. The van der Waals surface area contributed by atoms with E-state index < -0.39 is 17.7 Å². The summed E-state index contributed by atoms with van der Waals surface area (Å²) < 4.78 is 6.57. The Kier molecular flexibility index (Phi) is 9.02. The van der Waals surface area contributed by atoms with Crippen molar-refractivity contribution in [2.75, 3.05) is 4.90 Å². The van der Waals surface area contributed by atoms with Gasteiger partial charge in [-0.15, -0.1) is 10.2 Å². The second-order valence-electron chi connectivity index (χ2n) is 10.7. The second-order valence-corrected chi connectivity index (χ2v) is 13.3. The summed E-state index contributed by atoms with van der Waals surface area (Å²) in [5, 5.41) is 20.8. The van der Waals surface area contributed by atoms with Crippen LogP contribution in [0.25, 0.3) is 5.76 Å². The highest BCUT2D eigenvalue weighted by molar-refractivity contribution is 8.00. The average molecular weight is 654 g/mol. The number of aliphatic hydroxyl groups excluding tert-OH is 1. The third-order valence-corrected chi connectivity index (χ3v) is 9.67. The molecule has 1 unspecified atom stereocenters. The Labute approximate surface area is 274 Å². The molecule has 10 heteroatoms. The van der Waals surface area contributed by atoms with Gasteiger partial charge in [0.1, 0.15) is 18.1 Å². The van der Waals surface area contributed by atoms with E-state index >= 15 is 0 Å². The number of ketones is 1. The van der Waals surface area contributed by atoms with Crippen LogP contribution in [0, 0.1) is 13.8 Å². The standard InChI is InChI=1S/C35H28ClN3O4S2/c1-21-9-11-23(12-10-21)20-44-35-38-37-34(45-35)39-30(26-7-4-8-27(36)18-26)29(32(41)33(39)42)31(40)25-13-15-28(16-14-25)43-19-24-6-3-5-22(2)17-24/h3-18,30,40H,19-20H2,1-2H3/b31-29+. The largest absolute Gasteiger partial charge is 0.507 e. The first-order chi connectivity index (χ1) is 21.8. The van der Waals surface area contributed by atoms with Gasteiger partial charge >= 0.3 is 5.91 Å². The Morgan fingerprint density at radius 3 is 2.40 bits per heavy atom. The number of nitrogens with zero attached hydrogens (tertiary/aromatic N) is 3. The Hall–Kier alpha value is -4.44. The number of rotatable bonds is 9. The fourth-order valence-corrected chi connectivity index (χ4v) is 7.06. The van der Waals surface area contributed by atoms with Crippen LogP contribution in [0.2, 0.25) is 5.02 Å². The molecule has 1 saturated heterocycles. The number of thioether (sulfide) groups is 1. The minimum absolute atomic E-state index is 0.0558. The van der Waals surface area contributed by atoms with E-state index in [0.29, 0.717) is 38.6 Å². The van der Waals surface area contributed by atoms with Crippen LogP contribution >= 0.6 is 34.7 Å².